The molecule has 3 N–H and O–H groups in total. The molecular formula is C26H32N2O5. The molecule has 2 amide bonds. The number of carbonyl (C=O) groups excluding carboxylic acids is 2. The number of carboxylic acids is 1. The summed E-state index contributed by atoms with van der Waals surface area (Å²) < 4.78 is 5.57. The molecular weight excluding hydrogens is 420 g/mol. The van der Waals surface area contributed by atoms with Crippen LogP contribution in [-0.4, -0.2) is 41.8 Å². The predicted molar refractivity (Wildman–Crippen MR) is 126 cm³/mol. The smallest absolute Gasteiger partial charge is 0.407 e. The molecule has 1 aliphatic carbocycles. The zero-order chi connectivity index (χ0) is 23.8. The lowest BCUT2D eigenvalue weighted by atomic mass is 9.98. The molecule has 1 aliphatic rings. The lowest BCUT2D eigenvalue weighted by molar-refractivity contribution is -0.137. The summed E-state index contributed by atoms with van der Waals surface area (Å²) in [5.41, 5.74) is 4.52. The zero-order valence-electron chi connectivity index (χ0n) is 19.2. The lowest BCUT2D eigenvalue weighted by Gasteiger charge is -2.22. The van der Waals surface area contributed by atoms with Crippen LogP contribution in [0.1, 0.15) is 63.0 Å². The van der Waals surface area contributed by atoms with Gasteiger partial charge in [0.25, 0.3) is 0 Å². The molecule has 176 valence electrons. The van der Waals surface area contributed by atoms with E-state index in [9.17, 15) is 14.4 Å². The molecule has 2 aromatic carbocycles. The van der Waals surface area contributed by atoms with Gasteiger partial charge in [-0.25, -0.2) is 4.79 Å². The van der Waals surface area contributed by atoms with Crippen LogP contribution in [0.15, 0.2) is 48.5 Å². The van der Waals surface area contributed by atoms with E-state index in [-0.39, 0.29) is 24.9 Å². The highest BCUT2D eigenvalue weighted by atomic mass is 16.5. The Morgan fingerprint density at radius 2 is 1.58 bits per heavy atom. The quantitative estimate of drug-likeness (QED) is 0.467. The van der Waals surface area contributed by atoms with Crippen molar-refractivity contribution >= 4 is 18.0 Å². The Kier molecular flexibility index (Phi) is 8.46. The van der Waals surface area contributed by atoms with Crippen LogP contribution in [-0.2, 0) is 14.3 Å². The van der Waals surface area contributed by atoms with E-state index in [0.717, 1.165) is 35.1 Å². The van der Waals surface area contributed by atoms with E-state index in [2.05, 4.69) is 22.8 Å². The number of unbranched alkanes of at least 4 members (excludes halogenated alkanes) is 1. The maximum absolute atomic E-state index is 12.7. The largest absolute Gasteiger partial charge is 0.481 e. The minimum absolute atomic E-state index is 0.0638. The second kappa shape index (κ2) is 11.5. The zero-order valence-corrected chi connectivity index (χ0v) is 19.2. The maximum atomic E-state index is 12.7. The number of rotatable bonds is 11. The van der Waals surface area contributed by atoms with Gasteiger partial charge in [0.2, 0.25) is 5.91 Å². The minimum Gasteiger partial charge on any atom is -0.481 e. The van der Waals surface area contributed by atoms with Crippen LogP contribution in [0.25, 0.3) is 11.1 Å². The van der Waals surface area contributed by atoms with Crippen molar-refractivity contribution in [2.24, 2.45) is 0 Å². The third-order valence-corrected chi connectivity index (χ3v) is 6.06. The van der Waals surface area contributed by atoms with Gasteiger partial charge >= 0.3 is 12.1 Å². The molecule has 2 aromatic rings. The Balaban J connectivity index is 1.64. The molecule has 1 unspecified atom stereocenters. The van der Waals surface area contributed by atoms with Gasteiger partial charge in [0, 0.05) is 12.0 Å². The number of amides is 2. The highest BCUT2D eigenvalue weighted by molar-refractivity contribution is 5.86. The van der Waals surface area contributed by atoms with Crippen LogP contribution in [0.4, 0.5) is 4.79 Å². The van der Waals surface area contributed by atoms with E-state index >= 15 is 0 Å². The maximum Gasteiger partial charge on any atom is 0.407 e. The van der Waals surface area contributed by atoms with Crippen molar-refractivity contribution in [2.45, 2.75) is 64.0 Å². The Labute approximate surface area is 194 Å². The van der Waals surface area contributed by atoms with E-state index < -0.39 is 24.1 Å². The van der Waals surface area contributed by atoms with Crippen LogP contribution in [0, 0.1) is 0 Å². The number of ether oxygens (including phenoxy) is 1. The van der Waals surface area contributed by atoms with Crippen LogP contribution >= 0.6 is 0 Å². The fourth-order valence-corrected chi connectivity index (χ4v) is 4.27. The Bertz CT molecular complexity index is 945. The van der Waals surface area contributed by atoms with Gasteiger partial charge in [0.1, 0.15) is 12.6 Å². The van der Waals surface area contributed by atoms with Gasteiger partial charge in [0.05, 0.1) is 6.42 Å². The Morgan fingerprint density at radius 3 is 2.12 bits per heavy atom. The summed E-state index contributed by atoms with van der Waals surface area (Å²) >= 11 is 0. The van der Waals surface area contributed by atoms with Gasteiger partial charge in [-0.15, -0.1) is 0 Å². The van der Waals surface area contributed by atoms with Gasteiger partial charge < -0.3 is 20.5 Å². The molecule has 7 heteroatoms. The molecule has 0 saturated heterocycles. The van der Waals surface area contributed by atoms with E-state index in [1.807, 2.05) is 50.2 Å². The van der Waals surface area contributed by atoms with Crippen molar-refractivity contribution in [3.8, 4) is 11.1 Å². The van der Waals surface area contributed by atoms with Crippen LogP contribution < -0.4 is 10.6 Å². The van der Waals surface area contributed by atoms with Crippen LogP contribution in [0.5, 0.6) is 0 Å². The number of hydrogen-bond donors (Lipinski definition) is 3. The summed E-state index contributed by atoms with van der Waals surface area (Å²) in [7, 11) is 0. The summed E-state index contributed by atoms with van der Waals surface area (Å²) in [6.07, 6.45) is 1.74. The normalized spacial score (nSPS) is 14.0. The molecule has 0 heterocycles. The summed E-state index contributed by atoms with van der Waals surface area (Å²) in [4.78, 5) is 36.4. The summed E-state index contributed by atoms with van der Waals surface area (Å²) in [5, 5.41) is 14.5. The average Bonchev–Trinajstić information content (AvgIpc) is 3.13. The summed E-state index contributed by atoms with van der Waals surface area (Å²) in [6.45, 7) is 3.98. The number of benzene rings is 2. The first-order chi connectivity index (χ1) is 15.9. The molecule has 0 saturated carbocycles. The average molecular weight is 453 g/mol. The van der Waals surface area contributed by atoms with Gasteiger partial charge in [-0.1, -0.05) is 75.2 Å². The third-order valence-electron chi connectivity index (χ3n) is 6.06. The Morgan fingerprint density at radius 1 is 0.970 bits per heavy atom. The van der Waals surface area contributed by atoms with Crippen molar-refractivity contribution in [3.63, 3.8) is 0 Å². The monoisotopic (exact) mass is 452 g/mol. The fraction of sp³-hybridized carbons (Fsp3) is 0.423. The Hall–Kier alpha value is -3.35. The molecule has 2 atom stereocenters. The first-order valence-electron chi connectivity index (χ1n) is 11.6. The van der Waals surface area contributed by atoms with Gasteiger partial charge in [-0.05, 0) is 35.1 Å². The first-order valence-corrected chi connectivity index (χ1v) is 11.6. The van der Waals surface area contributed by atoms with Crippen molar-refractivity contribution in [1.29, 1.82) is 0 Å². The number of carbonyl (C=O) groups is 3. The molecule has 0 bridgehead atoms. The van der Waals surface area contributed by atoms with Gasteiger partial charge in [-0.2, -0.15) is 0 Å². The highest BCUT2D eigenvalue weighted by Gasteiger charge is 2.30. The number of hydrogen-bond acceptors (Lipinski definition) is 4. The second-order valence-corrected chi connectivity index (χ2v) is 8.38. The topological polar surface area (TPSA) is 105 Å². The van der Waals surface area contributed by atoms with E-state index in [4.69, 9.17) is 9.84 Å². The number of aliphatic carboxylic acids is 1. The van der Waals surface area contributed by atoms with Gasteiger partial charge in [-0.3, -0.25) is 9.59 Å². The molecule has 7 nitrogen and oxygen atoms in total. The van der Waals surface area contributed by atoms with Crippen molar-refractivity contribution < 1.29 is 24.2 Å². The highest BCUT2D eigenvalue weighted by Crippen LogP contribution is 2.44. The number of fused-ring (bicyclic) bond motifs is 3. The third kappa shape index (κ3) is 6.12. The fourth-order valence-electron chi connectivity index (χ4n) is 4.27. The van der Waals surface area contributed by atoms with Crippen molar-refractivity contribution in [2.75, 3.05) is 6.61 Å². The number of alkyl carbamates (subject to hydrolysis) is 1. The summed E-state index contributed by atoms with van der Waals surface area (Å²) in [5.74, 6) is -1.42. The van der Waals surface area contributed by atoms with Crippen LogP contribution in [0.2, 0.25) is 0 Å². The first kappa shape index (κ1) is 24.3. The van der Waals surface area contributed by atoms with E-state index in [1.165, 1.54) is 0 Å². The molecule has 0 spiro atoms. The van der Waals surface area contributed by atoms with Gasteiger partial charge in [0.15, 0.2) is 0 Å². The minimum atomic E-state index is -0.975. The van der Waals surface area contributed by atoms with E-state index in [0.29, 0.717) is 12.8 Å². The molecule has 33 heavy (non-hydrogen) atoms. The van der Waals surface area contributed by atoms with Crippen molar-refractivity contribution in [3.05, 3.63) is 59.7 Å². The molecule has 0 aliphatic heterocycles. The second-order valence-electron chi connectivity index (χ2n) is 8.38. The number of nitrogens with one attached hydrogen (secondary N) is 2. The van der Waals surface area contributed by atoms with Crippen molar-refractivity contribution in [1.82, 2.24) is 10.6 Å². The molecule has 0 fully saturated rings. The van der Waals surface area contributed by atoms with E-state index in [1.54, 1.807) is 0 Å². The lowest BCUT2D eigenvalue weighted by Crippen LogP contribution is -2.50. The number of carboxylic acid groups (broad SMARTS) is 1. The molecule has 0 aromatic heterocycles. The SMILES string of the molecule is CCCC[C@H](NC(=O)OCC1c2ccccc2-c2ccccc21)C(=O)NC(CC)CC(=O)O. The van der Waals surface area contributed by atoms with Crippen LogP contribution in [0.3, 0.4) is 0 Å². The molecule has 0 radical (unpaired) electrons. The summed E-state index contributed by atoms with van der Waals surface area (Å²) in [6, 6.07) is 14.9. The standard InChI is InChI=1S/C26H32N2O5/c1-3-5-14-23(25(31)27-17(4-2)15-24(29)30)28-26(32)33-16-22-20-12-8-6-10-18(20)19-11-7-9-13-21(19)22/h6-13,17,22-23H,3-5,14-16H2,1-2H3,(H,27,31)(H,28,32)(H,29,30)/t17?,23-/m0/s1. The predicted octanol–water partition coefficient (Wildman–Crippen LogP) is 4.45. The molecule has 3 rings (SSSR count).